The normalized spacial score (nSPS) is 19.4. The maximum absolute atomic E-state index is 11.8. The topological polar surface area (TPSA) is 68.0 Å². The van der Waals surface area contributed by atoms with Crippen LogP contribution < -0.4 is 11.1 Å². The Labute approximate surface area is 112 Å². The first-order valence-electron chi connectivity index (χ1n) is 6.37. The highest BCUT2D eigenvalue weighted by atomic mass is 32.1. The number of amides is 1. The molecule has 1 aromatic rings. The number of anilines is 1. The molecule has 0 saturated carbocycles. The quantitative estimate of drug-likeness (QED) is 0.864. The van der Waals surface area contributed by atoms with Crippen LogP contribution in [0.15, 0.2) is 0 Å². The Morgan fingerprint density at radius 2 is 2.28 bits per heavy atom. The van der Waals surface area contributed by atoms with Crippen molar-refractivity contribution in [2.75, 3.05) is 5.32 Å². The second kappa shape index (κ2) is 4.97. The van der Waals surface area contributed by atoms with Crippen LogP contribution in [0.5, 0.6) is 0 Å². The molecular formula is C13H21N3OS. The molecule has 1 amide bonds. The van der Waals surface area contributed by atoms with Gasteiger partial charge in [0.1, 0.15) is 0 Å². The molecule has 100 valence electrons. The zero-order valence-corrected chi connectivity index (χ0v) is 12.1. The second-order valence-electron chi connectivity index (χ2n) is 6.18. The maximum Gasteiger partial charge on any atom is 0.226 e. The van der Waals surface area contributed by atoms with Gasteiger partial charge in [-0.15, -0.1) is 11.3 Å². The lowest BCUT2D eigenvalue weighted by molar-refractivity contribution is -0.117. The first-order chi connectivity index (χ1) is 8.33. The third-order valence-corrected chi connectivity index (χ3v) is 3.95. The molecule has 18 heavy (non-hydrogen) atoms. The molecule has 4 nitrogen and oxygen atoms in total. The van der Waals surface area contributed by atoms with E-state index in [9.17, 15) is 4.79 Å². The minimum atomic E-state index is 0.00329. The Morgan fingerprint density at radius 3 is 2.94 bits per heavy atom. The van der Waals surface area contributed by atoms with Crippen LogP contribution in [0.25, 0.3) is 0 Å². The van der Waals surface area contributed by atoms with E-state index in [1.165, 1.54) is 4.88 Å². The first-order valence-corrected chi connectivity index (χ1v) is 7.19. The number of hydrogen-bond acceptors (Lipinski definition) is 4. The van der Waals surface area contributed by atoms with Gasteiger partial charge in [-0.25, -0.2) is 4.98 Å². The van der Waals surface area contributed by atoms with Gasteiger partial charge in [-0.1, -0.05) is 20.8 Å². The molecule has 0 unspecified atom stereocenters. The van der Waals surface area contributed by atoms with Crippen molar-refractivity contribution >= 4 is 22.4 Å². The Hall–Kier alpha value is -0.940. The Morgan fingerprint density at radius 1 is 1.56 bits per heavy atom. The predicted molar refractivity (Wildman–Crippen MR) is 74.8 cm³/mol. The van der Waals surface area contributed by atoms with Gasteiger partial charge in [0.15, 0.2) is 5.13 Å². The number of carbonyl (C=O) groups is 1. The van der Waals surface area contributed by atoms with Gasteiger partial charge in [0.2, 0.25) is 5.91 Å². The molecule has 0 radical (unpaired) electrons. The molecule has 5 heteroatoms. The van der Waals surface area contributed by atoms with Crippen molar-refractivity contribution in [2.24, 2.45) is 11.1 Å². The van der Waals surface area contributed by atoms with Crippen molar-refractivity contribution in [1.82, 2.24) is 4.98 Å². The smallest absolute Gasteiger partial charge is 0.226 e. The summed E-state index contributed by atoms with van der Waals surface area (Å²) in [4.78, 5) is 17.6. The number of nitrogens with two attached hydrogens (primary N) is 1. The fourth-order valence-electron chi connectivity index (χ4n) is 2.10. The number of nitrogens with zero attached hydrogens (tertiary/aromatic N) is 1. The standard InChI is InChI=1S/C13H21N3OS/c1-13(2,3)7-11(17)16-12-15-9-5-4-8(14)6-10(9)18-12/h8H,4-7,14H2,1-3H3,(H,15,16,17)/t8-/m0/s1. The highest BCUT2D eigenvalue weighted by Crippen LogP contribution is 2.29. The lowest BCUT2D eigenvalue weighted by atomic mass is 9.92. The molecule has 1 aromatic heterocycles. The van der Waals surface area contributed by atoms with Crippen LogP contribution in [0, 0.1) is 5.41 Å². The van der Waals surface area contributed by atoms with E-state index < -0.39 is 0 Å². The lowest BCUT2D eigenvalue weighted by Crippen LogP contribution is -2.27. The van der Waals surface area contributed by atoms with Crippen molar-refractivity contribution in [1.29, 1.82) is 0 Å². The molecule has 0 fully saturated rings. The first kappa shape index (κ1) is 13.5. The highest BCUT2D eigenvalue weighted by molar-refractivity contribution is 7.15. The summed E-state index contributed by atoms with van der Waals surface area (Å²) in [6, 6.07) is 0.246. The number of fused-ring (bicyclic) bond motifs is 1. The molecule has 1 heterocycles. The number of hydrogen-bond donors (Lipinski definition) is 2. The number of carbonyl (C=O) groups excluding carboxylic acids is 1. The molecule has 0 spiro atoms. The summed E-state index contributed by atoms with van der Waals surface area (Å²) < 4.78 is 0. The van der Waals surface area contributed by atoms with Gasteiger partial charge in [0, 0.05) is 17.3 Å². The van der Waals surface area contributed by atoms with Crippen LogP contribution in [0.1, 0.15) is 44.2 Å². The number of nitrogens with one attached hydrogen (secondary N) is 1. The lowest BCUT2D eigenvalue weighted by Gasteiger charge is -2.16. The average molecular weight is 267 g/mol. The number of rotatable bonds is 2. The summed E-state index contributed by atoms with van der Waals surface area (Å²) in [5.74, 6) is 0.0397. The monoisotopic (exact) mass is 267 g/mol. The van der Waals surface area contributed by atoms with E-state index in [0.717, 1.165) is 30.1 Å². The predicted octanol–water partition coefficient (Wildman–Crippen LogP) is 2.33. The van der Waals surface area contributed by atoms with Crippen LogP contribution in [0.2, 0.25) is 0 Å². The van der Waals surface area contributed by atoms with E-state index in [0.29, 0.717) is 6.42 Å². The van der Waals surface area contributed by atoms with E-state index in [1.807, 2.05) is 0 Å². The largest absolute Gasteiger partial charge is 0.327 e. The van der Waals surface area contributed by atoms with Gasteiger partial charge < -0.3 is 11.1 Å². The van der Waals surface area contributed by atoms with Crippen LogP contribution >= 0.6 is 11.3 Å². The summed E-state index contributed by atoms with van der Waals surface area (Å²) in [7, 11) is 0. The Bertz CT molecular complexity index is 448. The van der Waals surface area contributed by atoms with Gasteiger partial charge in [-0.2, -0.15) is 0 Å². The van der Waals surface area contributed by atoms with E-state index in [2.05, 4.69) is 31.1 Å². The van der Waals surface area contributed by atoms with Crippen molar-refractivity contribution in [2.45, 2.75) is 52.5 Å². The molecule has 0 bridgehead atoms. The highest BCUT2D eigenvalue weighted by Gasteiger charge is 2.22. The fraction of sp³-hybridized carbons (Fsp3) is 0.692. The molecule has 1 atom stereocenters. The van der Waals surface area contributed by atoms with Crippen molar-refractivity contribution in [3.8, 4) is 0 Å². The summed E-state index contributed by atoms with van der Waals surface area (Å²) in [6.07, 6.45) is 3.33. The Balaban J connectivity index is 2.01. The number of aryl methyl sites for hydroxylation is 1. The fourth-order valence-corrected chi connectivity index (χ4v) is 3.22. The van der Waals surface area contributed by atoms with E-state index >= 15 is 0 Å². The molecule has 1 aliphatic carbocycles. The van der Waals surface area contributed by atoms with Gasteiger partial charge in [0.25, 0.3) is 0 Å². The minimum Gasteiger partial charge on any atom is -0.327 e. The van der Waals surface area contributed by atoms with Crippen molar-refractivity contribution in [3.05, 3.63) is 10.6 Å². The molecule has 2 rings (SSSR count). The third-order valence-electron chi connectivity index (χ3n) is 2.92. The Kier molecular flexibility index (Phi) is 3.73. The summed E-state index contributed by atoms with van der Waals surface area (Å²) in [6.45, 7) is 6.16. The van der Waals surface area contributed by atoms with E-state index in [1.54, 1.807) is 11.3 Å². The van der Waals surface area contributed by atoms with Gasteiger partial charge in [-0.3, -0.25) is 4.79 Å². The SMILES string of the molecule is CC(C)(C)CC(=O)Nc1nc2c(s1)C[C@@H](N)CC2. The molecule has 0 saturated heterocycles. The van der Waals surface area contributed by atoms with Crippen molar-refractivity contribution < 1.29 is 4.79 Å². The van der Waals surface area contributed by atoms with Crippen LogP contribution in [-0.2, 0) is 17.6 Å². The summed E-state index contributed by atoms with van der Waals surface area (Å²) >= 11 is 1.57. The van der Waals surface area contributed by atoms with Gasteiger partial charge in [0.05, 0.1) is 5.69 Å². The third kappa shape index (κ3) is 3.53. The van der Waals surface area contributed by atoms with Crippen LogP contribution in [0.4, 0.5) is 5.13 Å². The van der Waals surface area contributed by atoms with Gasteiger partial charge in [-0.05, 0) is 24.7 Å². The molecule has 0 aliphatic heterocycles. The maximum atomic E-state index is 11.8. The second-order valence-corrected chi connectivity index (χ2v) is 7.26. The number of aromatic nitrogens is 1. The van der Waals surface area contributed by atoms with Crippen LogP contribution in [-0.4, -0.2) is 16.9 Å². The minimum absolute atomic E-state index is 0.00329. The van der Waals surface area contributed by atoms with Crippen LogP contribution in [0.3, 0.4) is 0 Å². The zero-order valence-electron chi connectivity index (χ0n) is 11.2. The summed E-state index contributed by atoms with van der Waals surface area (Å²) in [5, 5.41) is 3.62. The zero-order chi connectivity index (χ0) is 13.3. The molecule has 3 N–H and O–H groups in total. The van der Waals surface area contributed by atoms with E-state index in [4.69, 9.17) is 5.73 Å². The average Bonchev–Trinajstić information content (AvgIpc) is 2.55. The molecule has 1 aliphatic rings. The van der Waals surface area contributed by atoms with Crippen molar-refractivity contribution in [3.63, 3.8) is 0 Å². The number of thiazole rings is 1. The molecule has 0 aromatic carbocycles. The van der Waals surface area contributed by atoms with Gasteiger partial charge >= 0.3 is 0 Å². The molecular weight excluding hydrogens is 246 g/mol. The summed E-state index contributed by atoms with van der Waals surface area (Å²) in [5.41, 5.74) is 7.06. The van der Waals surface area contributed by atoms with E-state index in [-0.39, 0.29) is 17.4 Å².